The molecule has 1 heterocycles. The lowest BCUT2D eigenvalue weighted by Gasteiger charge is -2.29. The van der Waals surface area contributed by atoms with Crippen LogP contribution >= 0.6 is 35.6 Å². The maximum absolute atomic E-state index is 6.34. The van der Waals surface area contributed by atoms with Gasteiger partial charge in [0.1, 0.15) is 0 Å². The van der Waals surface area contributed by atoms with Crippen LogP contribution in [0.15, 0.2) is 29.3 Å². The van der Waals surface area contributed by atoms with Gasteiger partial charge in [0.05, 0.1) is 13.2 Å². The Labute approximate surface area is 173 Å². The Morgan fingerprint density at radius 1 is 1.24 bits per heavy atom. The number of halogens is 2. The smallest absolute Gasteiger partial charge is 0.191 e. The van der Waals surface area contributed by atoms with Crippen LogP contribution in [0.1, 0.15) is 19.4 Å². The van der Waals surface area contributed by atoms with Crippen LogP contribution in [0.4, 0.5) is 0 Å². The molecule has 0 saturated carbocycles. The topological polar surface area (TPSA) is 48.9 Å². The van der Waals surface area contributed by atoms with Crippen molar-refractivity contribution in [3.05, 3.63) is 34.9 Å². The summed E-state index contributed by atoms with van der Waals surface area (Å²) in [5, 5.41) is 7.59. The highest BCUT2D eigenvalue weighted by molar-refractivity contribution is 14.0. The number of nitrogens with one attached hydrogen (secondary N) is 2. The van der Waals surface area contributed by atoms with Crippen LogP contribution in [0.5, 0.6) is 0 Å². The molecule has 1 aliphatic heterocycles. The molecule has 0 spiro atoms. The van der Waals surface area contributed by atoms with Crippen molar-refractivity contribution in [3.8, 4) is 0 Å². The van der Waals surface area contributed by atoms with E-state index in [0.717, 1.165) is 62.5 Å². The fraction of sp³-hybridized carbons (Fsp3) is 0.611. The fourth-order valence-electron chi connectivity index (χ4n) is 2.79. The molecular weight excluding hydrogens is 451 g/mol. The van der Waals surface area contributed by atoms with Crippen LogP contribution in [0.25, 0.3) is 0 Å². The van der Waals surface area contributed by atoms with Gasteiger partial charge in [-0.3, -0.25) is 9.89 Å². The van der Waals surface area contributed by atoms with Crippen LogP contribution in [0, 0.1) is 0 Å². The van der Waals surface area contributed by atoms with E-state index in [0.29, 0.717) is 0 Å². The maximum Gasteiger partial charge on any atom is 0.191 e. The van der Waals surface area contributed by atoms with Crippen molar-refractivity contribution in [2.75, 3.05) is 53.0 Å². The van der Waals surface area contributed by atoms with Gasteiger partial charge in [-0.15, -0.1) is 24.0 Å². The van der Waals surface area contributed by atoms with Gasteiger partial charge in [-0.2, -0.15) is 0 Å². The zero-order chi connectivity index (χ0) is 17.4. The molecule has 1 saturated heterocycles. The molecule has 2 N–H and O–H groups in total. The van der Waals surface area contributed by atoms with Gasteiger partial charge < -0.3 is 15.4 Å². The molecule has 1 aromatic carbocycles. The molecule has 0 aliphatic carbocycles. The average molecular weight is 481 g/mol. The van der Waals surface area contributed by atoms with E-state index in [1.807, 2.05) is 18.2 Å². The SMILES string of the molecule is CN=C(NCCN1CCOCC1)NCC(C)(C)c1ccccc1Cl.I. The minimum Gasteiger partial charge on any atom is -0.379 e. The monoisotopic (exact) mass is 480 g/mol. The molecular formula is C18H30ClIN4O. The molecule has 0 aromatic heterocycles. The zero-order valence-electron chi connectivity index (χ0n) is 15.3. The van der Waals surface area contributed by atoms with E-state index in [1.54, 1.807) is 7.05 Å². The van der Waals surface area contributed by atoms with E-state index in [4.69, 9.17) is 16.3 Å². The van der Waals surface area contributed by atoms with E-state index < -0.39 is 0 Å². The Morgan fingerprint density at radius 2 is 1.92 bits per heavy atom. The van der Waals surface area contributed by atoms with Crippen LogP contribution in [0.2, 0.25) is 5.02 Å². The largest absolute Gasteiger partial charge is 0.379 e. The number of hydrogen-bond donors (Lipinski definition) is 2. The quantitative estimate of drug-likeness (QED) is 0.373. The summed E-state index contributed by atoms with van der Waals surface area (Å²) in [6.45, 7) is 10.7. The first-order valence-electron chi connectivity index (χ1n) is 8.52. The third-order valence-corrected chi connectivity index (χ3v) is 4.68. The van der Waals surface area contributed by atoms with Gasteiger partial charge in [-0.1, -0.05) is 43.6 Å². The van der Waals surface area contributed by atoms with Gasteiger partial charge in [0.15, 0.2) is 5.96 Å². The summed E-state index contributed by atoms with van der Waals surface area (Å²) in [6.07, 6.45) is 0. The minimum atomic E-state index is -0.0832. The van der Waals surface area contributed by atoms with Crippen LogP contribution in [0.3, 0.4) is 0 Å². The van der Waals surface area contributed by atoms with E-state index >= 15 is 0 Å². The van der Waals surface area contributed by atoms with E-state index in [-0.39, 0.29) is 29.4 Å². The molecule has 0 atom stereocenters. The third-order valence-electron chi connectivity index (χ3n) is 4.35. The van der Waals surface area contributed by atoms with Crippen molar-refractivity contribution in [2.45, 2.75) is 19.3 Å². The number of nitrogens with zero attached hydrogens (tertiary/aromatic N) is 2. The third kappa shape index (κ3) is 7.29. The van der Waals surface area contributed by atoms with Crippen molar-refractivity contribution in [2.24, 2.45) is 4.99 Å². The lowest BCUT2D eigenvalue weighted by atomic mass is 9.84. The van der Waals surface area contributed by atoms with Gasteiger partial charge in [0, 0.05) is 50.2 Å². The van der Waals surface area contributed by atoms with E-state index in [2.05, 4.69) is 40.4 Å². The van der Waals surface area contributed by atoms with Gasteiger partial charge in [-0.05, 0) is 11.6 Å². The number of ether oxygens (including phenoxy) is 1. The lowest BCUT2D eigenvalue weighted by Crippen LogP contribution is -2.46. The second-order valence-electron chi connectivity index (χ2n) is 6.67. The minimum absolute atomic E-state index is 0. The standard InChI is InChI=1S/C18H29ClN4O.HI/c1-18(2,15-6-4-5-7-16(15)19)14-22-17(20-3)21-8-9-23-10-12-24-13-11-23;/h4-7H,8-14H2,1-3H3,(H2,20,21,22);1H. The number of benzene rings is 1. The molecule has 2 rings (SSSR count). The predicted octanol–water partition coefficient (Wildman–Crippen LogP) is 2.73. The summed E-state index contributed by atoms with van der Waals surface area (Å²) >= 11 is 6.34. The van der Waals surface area contributed by atoms with Gasteiger partial charge in [0.2, 0.25) is 0 Å². The molecule has 0 radical (unpaired) electrons. The molecule has 1 aromatic rings. The molecule has 5 nitrogen and oxygen atoms in total. The highest BCUT2D eigenvalue weighted by Gasteiger charge is 2.23. The molecule has 25 heavy (non-hydrogen) atoms. The summed E-state index contributed by atoms with van der Waals surface area (Å²) in [5.74, 6) is 0.823. The van der Waals surface area contributed by atoms with Crippen LogP contribution in [-0.2, 0) is 10.2 Å². The van der Waals surface area contributed by atoms with Gasteiger partial charge >= 0.3 is 0 Å². The van der Waals surface area contributed by atoms with E-state index in [9.17, 15) is 0 Å². The number of morpholine rings is 1. The molecule has 0 bridgehead atoms. The van der Waals surface area contributed by atoms with Crippen molar-refractivity contribution < 1.29 is 4.74 Å². The molecule has 0 unspecified atom stereocenters. The summed E-state index contributed by atoms with van der Waals surface area (Å²) in [4.78, 5) is 6.71. The molecule has 1 aliphatic rings. The molecule has 142 valence electrons. The molecule has 0 amide bonds. The summed E-state index contributed by atoms with van der Waals surface area (Å²) in [7, 11) is 1.80. The first-order chi connectivity index (χ1) is 11.5. The van der Waals surface area contributed by atoms with E-state index in [1.165, 1.54) is 0 Å². The lowest BCUT2D eigenvalue weighted by molar-refractivity contribution is 0.0389. The first kappa shape index (κ1) is 22.5. The predicted molar refractivity (Wildman–Crippen MR) is 117 cm³/mol. The highest BCUT2D eigenvalue weighted by Crippen LogP contribution is 2.28. The first-order valence-corrected chi connectivity index (χ1v) is 8.90. The van der Waals surface area contributed by atoms with Crippen molar-refractivity contribution in [3.63, 3.8) is 0 Å². The number of hydrogen-bond acceptors (Lipinski definition) is 3. The number of aliphatic imine (C=N–C) groups is 1. The maximum atomic E-state index is 6.34. The summed E-state index contributed by atoms with van der Waals surface area (Å²) < 4.78 is 5.37. The number of guanidine groups is 1. The zero-order valence-corrected chi connectivity index (χ0v) is 18.4. The Morgan fingerprint density at radius 3 is 2.56 bits per heavy atom. The second-order valence-corrected chi connectivity index (χ2v) is 7.08. The van der Waals surface area contributed by atoms with Gasteiger partial charge in [-0.25, -0.2) is 0 Å². The van der Waals surface area contributed by atoms with Crippen molar-refractivity contribution in [1.82, 2.24) is 15.5 Å². The summed E-state index contributed by atoms with van der Waals surface area (Å²) in [5.41, 5.74) is 1.06. The highest BCUT2D eigenvalue weighted by atomic mass is 127. The Hall–Kier alpha value is -0.570. The van der Waals surface area contributed by atoms with Crippen molar-refractivity contribution >= 4 is 41.5 Å². The second kappa shape index (κ2) is 11.2. The van der Waals surface area contributed by atoms with Gasteiger partial charge in [0.25, 0.3) is 0 Å². The molecule has 7 heteroatoms. The Bertz CT molecular complexity index is 548. The van der Waals surface area contributed by atoms with Crippen LogP contribution < -0.4 is 10.6 Å². The molecule has 1 fully saturated rings. The Balaban J connectivity index is 0.00000312. The fourth-order valence-corrected chi connectivity index (χ4v) is 3.18. The Kier molecular flexibility index (Phi) is 10.1. The summed E-state index contributed by atoms with van der Waals surface area (Å²) in [6, 6.07) is 8.01. The number of rotatable bonds is 6. The normalized spacial score (nSPS) is 16.2. The van der Waals surface area contributed by atoms with Crippen LogP contribution in [-0.4, -0.2) is 63.8 Å². The van der Waals surface area contributed by atoms with Crippen molar-refractivity contribution in [1.29, 1.82) is 0 Å². The average Bonchev–Trinajstić information content (AvgIpc) is 2.59.